The molecule has 0 bridgehead atoms. The van der Waals surface area contributed by atoms with Gasteiger partial charge in [0.05, 0.1) is 32.0 Å². The fraction of sp³-hybridized carbons (Fsp3) is 0.909. The Morgan fingerprint density at radius 1 is 0.374 bits per heavy atom. The fourth-order valence-electron chi connectivity index (χ4n) is 14.2. The van der Waals surface area contributed by atoms with Crippen molar-refractivity contribution in [2.45, 2.75) is 493 Å². The van der Waals surface area contributed by atoms with Crippen LogP contribution in [0.1, 0.15) is 450 Å². The number of hydrogen-bond donors (Lipinski definition) is 6. The molecular formula is C88H167NO10. The molecule has 1 amide bonds. The summed E-state index contributed by atoms with van der Waals surface area (Å²) >= 11 is 0. The van der Waals surface area contributed by atoms with E-state index in [1.165, 1.54) is 360 Å². The van der Waals surface area contributed by atoms with E-state index in [0.29, 0.717) is 19.4 Å². The molecule has 0 radical (unpaired) electrons. The van der Waals surface area contributed by atoms with Crippen LogP contribution in [-0.4, -0.2) is 100 Å². The number of ether oxygens (including phenoxy) is 3. The van der Waals surface area contributed by atoms with E-state index in [9.17, 15) is 35.1 Å². The molecule has 7 atom stereocenters. The molecule has 1 saturated heterocycles. The number of nitrogens with one attached hydrogen (secondary N) is 1. The van der Waals surface area contributed by atoms with Crippen LogP contribution in [0.4, 0.5) is 0 Å². The number of amides is 1. The Kier molecular flexibility index (Phi) is 73.8. The Balaban J connectivity index is 1.86. The van der Waals surface area contributed by atoms with Gasteiger partial charge in [0.2, 0.25) is 5.91 Å². The zero-order valence-electron chi connectivity index (χ0n) is 65.5. The summed E-state index contributed by atoms with van der Waals surface area (Å²) in [5, 5.41) is 54.7. The van der Waals surface area contributed by atoms with Crippen LogP contribution >= 0.6 is 0 Å². The molecule has 0 aliphatic carbocycles. The van der Waals surface area contributed by atoms with Crippen molar-refractivity contribution < 1.29 is 49.3 Å². The highest BCUT2D eigenvalue weighted by atomic mass is 16.7. The van der Waals surface area contributed by atoms with E-state index in [4.69, 9.17) is 14.2 Å². The standard InChI is InChI=1S/C88H167NO10/c1-3-5-7-9-11-13-15-17-19-43-48-52-56-60-64-68-72-76-84(93)97-77-73-69-65-61-57-53-49-45-42-40-38-36-34-32-30-28-26-24-22-20-21-23-25-27-29-31-33-35-37-39-41-44-47-51-55-59-63-67-71-75-83(92)89-80(79-98-88-87(96)86(95)85(94)82(78-90)99-88)81(91)74-70-66-62-58-54-50-46-18-16-14-12-10-8-6-4-2/h11,13,17,19,70,74,80-82,85-88,90-91,94-96H,3-10,12,14-16,18,20-69,71-73,75-79H2,1-2H3,(H,89,92)/b13-11-,19-17-,74-70+. The van der Waals surface area contributed by atoms with Gasteiger partial charge in [-0.1, -0.05) is 410 Å². The molecule has 6 N–H and O–H groups in total. The van der Waals surface area contributed by atoms with Gasteiger partial charge in [-0.05, 0) is 64.2 Å². The van der Waals surface area contributed by atoms with Crippen LogP contribution in [0.2, 0.25) is 0 Å². The van der Waals surface area contributed by atoms with Gasteiger partial charge in [-0.3, -0.25) is 9.59 Å². The number of esters is 1. The van der Waals surface area contributed by atoms with E-state index in [0.717, 1.165) is 64.2 Å². The molecule has 99 heavy (non-hydrogen) atoms. The average molecular weight is 1400 g/mol. The van der Waals surface area contributed by atoms with Crippen molar-refractivity contribution in [3.8, 4) is 0 Å². The lowest BCUT2D eigenvalue weighted by Crippen LogP contribution is -2.60. The Hall–Kier alpha value is -2.12. The van der Waals surface area contributed by atoms with Crippen molar-refractivity contribution in [3.05, 3.63) is 36.5 Å². The van der Waals surface area contributed by atoms with Crippen LogP contribution in [0.3, 0.4) is 0 Å². The molecule has 0 spiro atoms. The van der Waals surface area contributed by atoms with E-state index >= 15 is 0 Å². The van der Waals surface area contributed by atoms with Gasteiger partial charge in [0.15, 0.2) is 6.29 Å². The maximum Gasteiger partial charge on any atom is 0.305 e. The summed E-state index contributed by atoms with van der Waals surface area (Å²) in [4.78, 5) is 25.2. The van der Waals surface area contributed by atoms with Crippen LogP contribution in [-0.2, 0) is 23.8 Å². The maximum atomic E-state index is 13.1. The SMILES string of the molecule is CCCCC/C=C\C/C=C\CCCCCCCCCC(=O)OCCCCCCCCCCCCCCCCCCCCCCCCCCCCCCCCCCCCCCCCCC(=O)NC(COC1OC(CO)C(O)C(O)C1O)C(O)/C=C/CCCCCCCCCCCCCCC. The molecule has 11 heteroatoms. The third-order valence-corrected chi connectivity index (χ3v) is 21.0. The number of allylic oxidation sites excluding steroid dienone is 5. The van der Waals surface area contributed by atoms with Crippen LogP contribution in [0, 0.1) is 0 Å². The van der Waals surface area contributed by atoms with Crippen LogP contribution in [0.5, 0.6) is 0 Å². The molecule has 1 rings (SSSR count). The monoisotopic (exact) mass is 1400 g/mol. The molecule has 1 heterocycles. The van der Waals surface area contributed by atoms with Crippen molar-refractivity contribution in [3.63, 3.8) is 0 Å². The van der Waals surface area contributed by atoms with E-state index < -0.39 is 49.5 Å². The Morgan fingerprint density at radius 3 is 1.04 bits per heavy atom. The summed E-state index contributed by atoms with van der Waals surface area (Å²) in [6.07, 6.45) is 92.0. The molecule has 584 valence electrons. The summed E-state index contributed by atoms with van der Waals surface area (Å²) in [6.45, 7) is 4.39. The molecule has 1 aliphatic heterocycles. The molecule has 0 aromatic carbocycles. The quantitative estimate of drug-likeness (QED) is 0.0195. The van der Waals surface area contributed by atoms with Gasteiger partial charge in [-0.2, -0.15) is 0 Å². The van der Waals surface area contributed by atoms with Gasteiger partial charge in [0, 0.05) is 12.8 Å². The van der Waals surface area contributed by atoms with Crippen molar-refractivity contribution in [1.82, 2.24) is 5.32 Å². The number of unbranched alkanes of at least 4 members (excludes halogenated alkanes) is 61. The average Bonchev–Trinajstić information content (AvgIpc) is 0.827. The first-order chi connectivity index (χ1) is 48.7. The molecule has 0 aromatic rings. The lowest BCUT2D eigenvalue weighted by Gasteiger charge is -2.40. The number of rotatable bonds is 79. The van der Waals surface area contributed by atoms with Crippen LogP contribution < -0.4 is 5.32 Å². The van der Waals surface area contributed by atoms with E-state index in [2.05, 4.69) is 43.5 Å². The van der Waals surface area contributed by atoms with Crippen molar-refractivity contribution in [2.75, 3.05) is 19.8 Å². The number of carbonyl (C=O) groups excluding carboxylic acids is 2. The first kappa shape index (κ1) is 94.9. The third-order valence-electron chi connectivity index (χ3n) is 21.0. The summed E-state index contributed by atoms with van der Waals surface area (Å²) in [6, 6.07) is -0.806. The largest absolute Gasteiger partial charge is 0.466 e. The number of hydrogen-bond acceptors (Lipinski definition) is 10. The third kappa shape index (κ3) is 65.2. The first-order valence-electron chi connectivity index (χ1n) is 43.8. The summed E-state index contributed by atoms with van der Waals surface area (Å²) in [7, 11) is 0. The van der Waals surface area contributed by atoms with E-state index in [-0.39, 0.29) is 18.5 Å². The number of aliphatic hydroxyl groups is 5. The van der Waals surface area contributed by atoms with Gasteiger partial charge in [-0.15, -0.1) is 0 Å². The molecule has 1 aliphatic rings. The molecule has 0 aromatic heterocycles. The summed E-state index contributed by atoms with van der Waals surface area (Å²) in [5.74, 6) is -0.160. The zero-order valence-corrected chi connectivity index (χ0v) is 65.5. The molecule has 7 unspecified atom stereocenters. The second kappa shape index (κ2) is 77.0. The van der Waals surface area contributed by atoms with Gasteiger partial charge >= 0.3 is 5.97 Å². The molecular weight excluding hydrogens is 1230 g/mol. The van der Waals surface area contributed by atoms with Gasteiger partial charge in [0.1, 0.15) is 24.4 Å². The summed E-state index contributed by atoms with van der Waals surface area (Å²) < 4.78 is 16.8. The van der Waals surface area contributed by atoms with Crippen molar-refractivity contribution in [1.29, 1.82) is 0 Å². The molecule has 0 saturated carbocycles. The van der Waals surface area contributed by atoms with E-state index in [1.807, 2.05) is 6.08 Å². The predicted molar refractivity (Wildman–Crippen MR) is 421 cm³/mol. The van der Waals surface area contributed by atoms with Gasteiger partial charge in [0.25, 0.3) is 0 Å². The zero-order chi connectivity index (χ0) is 71.5. The predicted octanol–water partition coefficient (Wildman–Crippen LogP) is 24.4. The highest BCUT2D eigenvalue weighted by Gasteiger charge is 2.44. The smallest absolute Gasteiger partial charge is 0.305 e. The van der Waals surface area contributed by atoms with E-state index in [1.54, 1.807) is 6.08 Å². The number of aliphatic hydroxyl groups excluding tert-OH is 5. The minimum absolute atomic E-state index is 0.0114. The van der Waals surface area contributed by atoms with Crippen LogP contribution in [0.15, 0.2) is 36.5 Å². The maximum absolute atomic E-state index is 13.1. The van der Waals surface area contributed by atoms with Crippen molar-refractivity contribution >= 4 is 11.9 Å². The minimum atomic E-state index is -1.57. The van der Waals surface area contributed by atoms with Crippen LogP contribution in [0.25, 0.3) is 0 Å². The molecule has 11 nitrogen and oxygen atoms in total. The topological polar surface area (TPSA) is 175 Å². The highest BCUT2D eigenvalue weighted by molar-refractivity contribution is 5.76. The van der Waals surface area contributed by atoms with Crippen molar-refractivity contribution in [2.24, 2.45) is 0 Å². The minimum Gasteiger partial charge on any atom is -0.466 e. The first-order valence-corrected chi connectivity index (χ1v) is 43.8. The number of carbonyl (C=O) groups is 2. The Morgan fingerprint density at radius 2 is 0.677 bits per heavy atom. The van der Waals surface area contributed by atoms with Gasteiger partial charge < -0.3 is 45.1 Å². The fourth-order valence-corrected chi connectivity index (χ4v) is 14.2. The second-order valence-corrected chi connectivity index (χ2v) is 30.6. The summed E-state index contributed by atoms with van der Waals surface area (Å²) in [5.41, 5.74) is 0. The Bertz CT molecular complexity index is 1740. The lowest BCUT2D eigenvalue weighted by molar-refractivity contribution is -0.302. The normalized spacial score (nSPS) is 17.3. The van der Waals surface area contributed by atoms with Gasteiger partial charge in [-0.25, -0.2) is 0 Å². The second-order valence-electron chi connectivity index (χ2n) is 30.6. The lowest BCUT2D eigenvalue weighted by atomic mass is 9.99. The highest BCUT2D eigenvalue weighted by Crippen LogP contribution is 2.24. The molecule has 1 fully saturated rings. The Labute approximate surface area is 613 Å².